The summed E-state index contributed by atoms with van der Waals surface area (Å²) in [5.41, 5.74) is 14.4. The summed E-state index contributed by atoms with van der Waals surface area (Å²) in [5, 5.41) is 4.75. The third-order valence-corrected chi connectivity index (χ3v) is 12.2. The van der Waals surface area contributed by atoms with Crippen LogP contribution in [0.25, 0.3) is 86.6 Å². The van der Waals surface area contributed by atoms with Crippen molar-refractivity contribution in [3.05, 3.63) is 212 Å². The number of benzene rings is 9. The van der Waals surface area contributed by atoms with Crippen LogP contribution in [0.15, 0.2) is 217 Å². The number of furan rings is 1. The van der Waals surface area contributed by atoms with Gasteiger partial charge in [0.1, 0.15) is 11.2 Å². The number of fused-ring (bicyclic) bond motifs is 6. The van der Waals surface area contributed by atoms with E-state index in [1.54, 1.807) is 0 Å². The molecule has 0 fully saturated rings. The van der Waals surface area contributed by atoms with Crippen LogP contribution in [0.5, 0.6) is 0 Å². The van der Waals surface area contributed by atoms with E-state index >= 15 is 0 Å². The molecule has 3 heteroatoms. The summed E-state index contributed by atoms with van der Waals surface area (Å²) in [4.78, 5) is 2.43. The second-order valence-electron chi connectivity index (χ2n) is 14.5. The maximum atomic E-state index is 6.56. The fraction of sp³-hybridized carbons (Fsp3) is 0. The Hall–Kier alpha value is -7.20. The molecule has 0 bridgehead atoms. The van der Waals surface area contributed by atoms with Gasteiger partial charge < -0.3 is 9.32 Å². The molecule has 0 saturated heterocycles. The van der Waals surface area contributed by atoms with Gasteiger partial charge in [-0.1, -0.05) is 152 Å². The standard InChI is InChI=1S/C54H35NOS/c1-4-15-36(16-5-1)39-21-14-22-40(33-39)53-48(31-32-52-54(53)46-24-11-13-26-51(46)57-52)55(42-28-30-45-44-23-10-12-25-49(44)56-50(45)35-42)41-27-29-43(37-17-6-2-7-18-37)47(34-41)38-19-8-3-9-20-38/h1-35H. The van der Waals surface area contributed by atoms with Crippen molar-refractivity contribution in [2.45, 2.75) is 0 Å². The van der Waals surface area contributed by atoms with E-state index in [9.17, 15) is 0 Å². The van der Waals surface area contributed by atoms with Gasteiger partial charge in [0.25, 0.3) is 0 Å². The smallest absolute Gasteiger partial charge is 0.137 e. The van der Waals surface area contributed by atoms with Gasteiger partial charge in [-0.2, -0.15) is 0 Å². The van der Waals surface area contributed by atoms with Gasteiger partial charge in [-0.3, -0.25) is 0 Å². The predicted molar refractivity (Wildman–Crippen MR) is 243 cm³/mol. The van der Waals surface area contributed by atoms with E-state index in [0.717, 1.165) is 39.0 Å². The molecule has 2 heterocycles. The van der Waals surface area contributed by atoms with E-state index in [4.69, 9.17) is 4.42 Å². The third kappa shape index (κ3) is 5.80. The molecule has 0 aliphatic rings. The topological polar surface area (TPSA) is 16.4 Å². The van der Waals surface area contributed by atoms with Crippen LogP contribution in [-0.4, -0.2) is 0 Å². The summed E-state index contributed by atoms with van der Waals surface area (Å²) in [5.74, 6) is 0. The normalized spacial score (nSPS) is 11.5. The SMILES string of the molecule is c1ccc(-c2cccc(-c3c(N(c4ccc(-c5ccccc5)c(-c5ccccc5)c4)c4ccc5c(c4)oc4ccccc45)ccc4sc5ccccc5c34)c2)cc1. The van der Waals surface area contributed by atoms with Gasteiger partial charge in [-0.05, 0) is 93.5 Å². The summed E-state index contributed by atoms with van der Waals surface area (Å²) in [6.45, 7) is 0. The molecule has 0 amide bonds. The first-order chi connectivity index (χ1) is 28.3. The summed E-state index contributed by atoms with van der Waals surface area (Å²) >= 11 is 1.85. The van der Waals surface area contributed by atoms with Crippen molar-refractivity contribution >= 4 is 70.5 Å². The average molecular weight is 746 g/mol. The highest BCUT2D eigenvalue weighted by Crippen LogP contribution is 2.50. The van der Waals surface area contributed by atoms with Crippen LogP contribution in [-0.2, 0) is 0 Å². The Bertz CT molecular complexity index is 3230. The summed E-state index contributed by atoms with van der Waals surface area (Å²) in [6, 6.07) is 76.5. The molecule has 0 atom stereocenters. The van der Waals surface area contributed by atoms with Crippen LogP contribution in [0, 0.1) is 0 Å². The van der Waals surface area contributed by atoms with E-state index in [0.29, 0.717) is 0 Å². The Kier molecular flexibility index (Phi) is 8.04. The van der Waals surface area contributed by atoms with Crippen molar-refractivity contribution in [3.63, 3.8) is 0 Å². The van der Waals surface area contributed by atoms with Gasteiger partial charge in [0.2, 0.25) is 0 Å². The number of para-hydroxylation sites is 1. The first-order valence-corrected chi connectivity index (χ1v) is 20.1. The van der Waals surface area contributed by atoms with Crippen molar-refractivity contribution in [2.24, 2.45) is 0 Å². The molecule has 57 heavy (non-hydrogen) atoms. The minimum Gasteiger partial charge on any atom is -0.456 e. The van der Waals surface area contributed by atoms with Gasteiger partial charge in [-0.25, -0.2) is 0 Å². The van der Waals surface area contributed by atoms with Crippen molar-refractivity contribution in [1.29, 1.82) is 0 Å². The minimum absolute atomic E-state index is 0.859. The Morgan fingerprint density at radius 1 is 0.351 bits per heavy atom. The lowest BCUT2D eigenvalue weighted by Gasteiger charge is -2.29. The molecule has 0 radical (unpaired) electrons. The Balaban J connectivity index is 1.23. The van der Waals surface area contributed by atoms with Crippen molar-refractivity contribution < 1.29 is 4.42 Å². The summed E-state index contributed by atoms with van der Waals surface area (Å²) < 4.78 is 9.09. The highest BCUT2D eigenvalue weighted by atomic mass is 32.1. The molecule has 0 N–H and O–H groups in total. The summed E-state index contributed by atoms with van der Waals surface area (Å²) in [7, 11) is 0. The zero-order valence-corrected chi connectivity index (χ0v) is 31.8. The zero-order valence-electron chi connectivity index (χ0n) is 31.0. The van der Waals surface area contributed by atoms with E-state index in [-0.39, 0.29) is 0 Å². The number of rotatable bonds is 7. The van der Waals surface area contributed by atoms with Crippen molar-refractivity contribution in [1.82, 2.24) is 0 Å². The van der Waals surface area contributed by atoms with Gasteiger partial charge >= 0.3 is 0 Å². The maximum Gasteiger partial charge on any atom is 0.137 e. The van der Waals surface area contributed by atoms with Gasteiger partial charge in [-0.15, -0.1) is 11.3 Å². The second kappa shape index (κ2) is 13.8. The van der Waals surface area contributed by atoms with Crippen molar-refractivity contribution in [2.75, 3.05) is 4.90 Å². The third-order valence-electron chi connectivity index (χ3n) is 11.1. The van der Waals surface area contributed by atoms with Crippen LogP contribution in [0.3, 0.4) is 0 Å². The fourth-order valence-electron chi connectivity index (χ4n) is 8.45. The highest BCUT2D eigenvalue weighted by molar-refractivity contribution is 7.26. The quantitative estimate of drug-likeness (QED) is 0.162. The van der Waals surface area contributed by atoms with Crippen molar-refractivity contribution in [3.8, 4) is 44.5 Å². The maximum absolute atomic E-state index is 6.56. The van der Waals surface area contributed by atoms with Crippen LogP contribution in [0.4, 0.5) is 17.1 Å². The van der Waals surface area contributed by atoms with Gasteiger partial charge in [0.15, 0.2) is 0 Å². The van der Waals surface area contributed by atoms with E-state index in [1.807, 2.05) is 17.4 Å². The molecular weight excluding hydrogens is 711 g/mol. The second-order valence-corrected chi connectivity index (χ2v) is 15.5. The molecule has 9 aromatic carbocycles. The lowest BCUT2D eigenvalue weighted by molar-refractivity contribution is 0.669. The molecule has 2 nitrogen and oxygen atoms in total. The zero-order chi connectivity index (χ0) is 37.7. The molecule has 268 valence electrons. The molecule has 0 spiro atoms. The van der Waals surface area contributed by atoms with E-state index < -0.39 is 0 Å². The number of hydrogen-bond acceptors (Lipinski definition) is 3. The average Bonchev–Trinajstić information content (AvgIpc) is 3.85. The molecule has 0 aliphatic heterocycles. The Labute approximate surface area is 335 Å². The fourth-order valence-corrected chi connectivity index (χ4v) is 9.56. The Morgan fingerprint density at radius 3 is 1.74 bits per heavy atom. The first kappa shape index (κ1) is 33.2. The lowest BCUT2D eigenvalue weighted by Crippen LogP contribution is -2.12. The monoisotopic (exact) mass is 745 g/mol. The van der Waals surface area contributed by atoms with Crippen LogP contribution < -0.4 is 4.90 Å². The van der Waals surface area contributed by atoms with Crippen LogP contribution in [0.1, 0.15) is 0 Å². The first-order valence-electron chi connectivity index (χ1n) is 19.3. The van der Waals surface area contributed by atoms with Gasteiger partial charge in [0, 0.05) is 53.9 Å². The summed E-state index contributed by atoms with van der Waals surface area (Å²) in [6.07, 6.45) is 0. The lowest BCUT2D eigenvalue weighted by atomic mass is 9.92. The molecular formula is C54H35NOS. The molecule has 11 rings (SSSR count). The highest BCUT2D eigenvalue weighted by Gasteiger charge is 2.24. The predicted octanol–water partition coefficient (Wildman–Crippen LogP) is 16.1. The molecule has 0 unspecified atom stereocenters. The number of nitrogens with zero attached hydrogens (tertiary/aromatic N) is 1. The van der Waals surface area contributed by atoms with Crippen LogP contribution in [0.2, 0.25) is 0 Å². The van der Waals surface area contributed by atoms with Gasteiger partial charge in [0.05, 0.1) is 5.69 Å². The molecule has 0 saturated carbocycles. The molecule has 11 aromatic rings. The van der Waals surface area contributed by atoms with E-state index in [1.165, 1.54) is 64.7 Å². The number of anilines is 3. The Morgan fingerprint density at radius 2 is 0.947 bits per heavy atom. The van der Waals surface area contributed by atoms with E-state index in [2.05, 4.69) is 211 Å². The molecule has 2 aromatic heterocycles. The molecule has 0 aliphatic carbocycles. The minimum atomic E-state index is 0.859. The number of hydrogen-bond donors (Lipinski definition) is 0. The number of thiophene rings is 1. The van der Waals surface area contributed by atoms with Crippen LogP contribution >= 0.6 is 11.3 Å². The largest absolute Gasteiger partial charge is 0.456 e.